The van der Waals surface area contributed by atoms with Gasteiger partial charge >= 0.3 is 0 Å². The smallest absolute Gasteiger partial charge is 0.165 e. The van der Waals surface area contributed by atoms with Crippen LogP contribution in [0.5, 0.6) is 0 Å². The number of carbonyl (C=O) groups excluding carboxylic acids is 1. The lowest BCUT2D eigenvalue weighted by Crippen LogP contribution is -2.22. The largest absolute Gasteiger partial charge is 0.380 e. The zero-order valence-corrected chi connectivity index (χ0v) is 7.68. The van der Waals surface area contributed by atoms with Crippen LogP contribution in [0, 0.1) is 0 Å². The molecule has 12 heavy (non-hydrogen) atoms. The highest BCUT2D eigenvalue weighted by molar-refractivity contribution is 5.73. The van der Waals surface area contributed by atoms with Crippen LogP contribution in [-0.2, 0) is 4.79 Å². The number of rotatable bonds is 5. The van der Waals surface area contributed by atoms with E-state index in [9.17, 15) is 4.79 Å². The number of allylic oxidation sites excluding steroid dienone is 1. The fourth-order valence-corrected chi connectivity index (χ4v) is 1.54. The molecule has 2 nitrogen and oxygen atoms in total. The van der Waals surface area contributed by atoms with Gasteiger partial charge < -0.3 is 5.32 Å². The van der Waals surface area contributed by atoms with Crippen molar-refractivity contribution in [1.29, 1.82) is 0 Å². The second kappa shape index (κ2) is 4.96. The molecule has 0 saturated heterocycles. The van der Waals surface area contributed by atoms with Crippen molar-refractivity contribution in [1.82, 2.24) is 5.32 Å². The van der Waals surface area contributed by atoms with Gasteiger partial charge in [0.15, 0.2) is 6.29 Å². The van der Waals surface area contributed by atoms with Crippen LogP contribution in [0.15, 0.2) is 11.8 Å². The summed E-state index contributed by atoms with van der Waals surface area (Å²) in [5.74, 6) is 0. The van der Waals surface area contributed by atoms with Gasteiger partial charge in [-0.2, -0.15) is 0 Å². The second-order valence-electron chi connectivity index (χ2n) is 3.35. The van der Waals surface area contributed by atoms with E-state index >= 15 is 0 Å². The van der Waals surface area contributed by atoms with E-state index in [-0.39, 0.29) is 0 Å². The maximum absolute atomic E-state index is 10.4. The van der Waals surface area contributed by atoms with Crippen molar-refractivity contribution in [3.8, 4) is 0 Å². The summed E-state index contributed by atoms with van der Waals surface area (Å²) in [6.07, 6.45) is 8.95. The average Bonchev–Trinajstić information content (AvgIpc) is 2.53. The quantitative estimate of drug-likeness (QED) is 0.501. The van der Waals surface area contributed by atoms with Crippen molar-refractivity contribution >= 4 is 6.29 Å². The molecule has 0 spiro atoms. The molecule has 1 atom stereocenters. The number of nitrogens with one attached hydrogen (secondary N) is 1. The Kier molecular flexibility index (Phi) is 3.85. The molecule has 1 aliphatic heterocycles. The standard InChI is InChI=1S/C10H17NO/c1-2-3-4-5-9-6-7-10(8-12)11-9/h7-9,11H,2-6H2,1H3. The van der Waals surface area contributed by atoms with Gasteiger partial charge in [0.25, 0.3) is 0 Å². The molecule has 1 rings (SSSR count). The Morgan fingerprint density at radius 3 is 3.08 bits per heavy atom. The minimum atomic E-state index is 0.525. The molecule has 0 aromatic rings. The summed E-state index contributed by atoms with van der Waals surface area (Å²) in [5, 5.41) is 3.19. The van der Waals surface area contributed by atoms with E-state index in [1.165, 1.54) is 25.7 Å². The molecule has 68 valence electrons. The first-order chi connectivity index (χ1) is 5.86. The van der Waals surface area contributed by atoms with Crippen molar-refractivity contribution in [3.63, 3.8) is 0 Å². The van der Waals surface area contributed by atoms with Gasteiger partial charge in [0, 0.05) is 6.04 Å². The summed E-state index contributed by atoms with van der Waals surface area (Å²) in [6, 6.07) is 0.525. The first-order valence-electron chi connectivity index (χ1n) is 4.78. The number of hydrogen-bond donors (Lipinski definition) is 1. The van der Waals surface area contributed by atoms with Crippen molar-refractivity contribution in [2.45, 2.75) is 45.1 Å². The Morgan fingerprint density at radius 2 is 2.50 bits per heavy atom. The molecular formula is C10H17NO. The maximum atomic E-state index is 10.4. The van der Waals surface area contributed by atoms with Gasteiger partial charge in [-0.1, -0.05) is 32.3 Å². The number of hydrogen-bond acceptors (Lipinski definition) is 2. The molecule has 1 unspecified atom stereocenters. The summed E-state index contributed by atoms with van der Waals surface area (Å²) in [5.41, 5.74) is 0.775. The molecule has 0 saturated carbocycles. The Bertz CT molecular complexity index is 175. The lowest BCUT2D eigenvalue weighted by molar-refractivity contribution is -0.105. The highest BCUT2D eigenvalue weighted by Crippen LogP contribution is 2.13. The van der Waals surface area contributed by atoms with E-state index in [1.807, 2.05) is 6.08 Å². The monoisotopic (exact) mass is 167 g/mol. The fourth-order valence-electron chi connectivity index (χ4n) is 1.54. The zero-order valence-electron chi connectivity index (χ0n) is 7.68. The minimum Gasteiger partial charge on any atom is -0.380 e. The molecule has 0 aliphatic carbocycles. The number of carbonyl (C=O) groups is 1. The van der Waals surface area contributed by atoms with Crippen molar-refractivity contribution in [2.24, 2.45) is 0 Å². The molecule has 1 N–H and O–H groups in total. The van der Waals surface area contributed by atoms with Gasteiger partial charge in [-0.3, -0.25) is 4.79 Å². The van der Waals surface area contributed by atoms with E-state index in [4.69, 9.17) is 0 Å². The first kappa shape index (κ1) is 9.30. The molecule has 0 bridgehead atoms. The summed E-state index contributed by atoms with van der Waals surface area (Å²) in [6.45, 7) is 2.21. The van der Waals surface area contributed by atoms with Gasteiger partial charge in [-0.05, 0) is 12.8 Å². The van der Waals surface area contributed by atoms with Crippen LogP contribution in [0.3, 0.4) is 0 Å². The van der Waals surface area contributed by atoms with Crippen LogP contribution in [0.2, 0.25) is 0 Å². The van der Waals surface area contributed by atoms with E-state index < -0.39 is 0 Å². The molecule has 0 fully saturated rings. The van der Waals surface area contributed by atoms with Crippen molar-refractivity contribution in [3.05, 3.63) is 11.8 Å². The molecule has 0 amide bonds. The summed E-state index contributed by atoms with van der Waals surface area (Å²) in [4.78, 5) is 10.4. The van der Waals surface area contributed by atoms with E-state index in [1.54, 1.807) is 0 Å². The van der Waals surface area contributed by atoms with Gasteiger partial charge in [0.2, 0.25) is 0 Å². The lowest BCUT2D eigenvalue weighted by Gasteiger charge is -2.10. The third-order valence-corrected chi connectivity index (χ3v) is 2.28. The molecule has 2 heteroatoms. The third-order valence-electron chi connectivity index (χ3n) is 2.28. The highest BCUT2D eigenvalue weighted by atomic mass is 16.1. The summed E-state index contributed by atoms with van der Waals surface area (Å²) in [7, 11) is 0. The molecule has 0 aromatic heterocycles. The molecule has 1 heterocycles. The topological polar surface area (TPSA) is 29.1 Å². The fraction of sp³-hybridized carbons (Fsp3) is 0.700. The highest BCUT2D eigenvalue weighted by Gasteiger charge is 2.13. The van der Waals surface area contributed by atoms with Crippen LogP contribution >= 0.6 is 0 Å². The Balaban J connectivity index is 2.10. The normalized spacial score (nSPS) is 21.8. The zero-order chi connectivity index (χ0) is 8.81. The first-order valence-corrected chi connectivity index (χ1v) is 4.78. The Labute approximate surface area is 74.0 Å². The third kappa shape index (κ3) is 2.68. The second-order valence-corrected chi connectivity index (χ2v) is 3.35. The van der Waals surface area contributed by atoms with Crippen LogP contribution in [0.1, 0.15) is 39.0 Å². The van der Waals surface area contributed by atoms with Gasteiger partial charge in [0.05, 0.1) is 5.70 Å². The lowest BCUT2D eigenvalue weighted by atomic mass is 10.1. The SMILES string of the molecule is CCCCCC1CC=C(C=O)N1. The predicted molar refractivity (Wildman–Crippen MR) is 49.8 cm³/mol. The van der Waals surface area contributed by atoms with Crippen LogP contribution in [0.4, 0.5) is 0 Å². The molecular weight excluding hydrogens is 150 g/mol. The number of unbranched alkanes of at least 4 members (excludes halogenated alkanes) is 2. The predicted octanol–water partition coefficient (Wildman–Crippen LogP) is 2.01. The molecule has 0 aromatic carbocycles. The summed E-state index contributed by atoms with van der Waals surface area (Å²) >= 11 is 0. The maximum Gasteiger partial charge on any atom is 0.165 e. The van der Waals surface area contributed by atoms with E-state index in [0.29, 0.717) is 6.04 Å². The molecule has 0 radical (unpaired) electrons. The van der Waals surface area contributed by atoms with Crippen LogP contribution in [-0.4, -0.2) is 12.3 Å². The van der Waals surface area contributed by atoms with Crippen molar-refractivity contribution < 1.29 is 4.79 Å². The Morgan fingerprint density at radius 1 is 1.67 bits per heavy atom. The Hall–Kier alpha value is -0.790. The van der Waals surface area contributed by atoms with Crippen LogP contribution in [0.25, 0.3) is 0 Å². The van der Waals surface area contributed by atoms with Gasteiger partial charge in [-0.15, -0.1) is 0 Å². The van der Waals surface area contributed by atoms with Gasteiger partial charge in [-0.25, -0.2) is 0 Å². The molecule has 1 aliphatic rings. The van der Waals surface area contributed by atoms with Crippen molar-refractivity contribution in [2.75, 3.05) is 0 Å². The van der Waals surface area contributed by atoms with E-state index in [2.05, 4.69) is 12.2 Å². The average molecular weight is 167 g/mol. The summed E-state index contributed by atoms with van der Waals surface area (Å²) < 4.78 is 0. The minimum absolute atomic E-state index is 0.525. The van der Waals surface area contributed by atoms with E-state index in [0.717, 1.165) is 18.4 Å². The van der Waals surface area contributed by atoms with Gasteiger partial charge in [0.1, 0.15) is 0 Å². The van der Waals surface area contributed by atoms with Crippen LogP contribution < -0.4 is 5.32 Å². The number of aldehydes is 1.